The highest BCUT2D eigenvalue weighted by Crippen LogP contribution is 2.19. The Morgan fingerprint density at radius 1 is 1.43 bits per heavy atom. The Bertz CT molecular complexity index is 541. The van der Waals surface area contributed by atoms with E-state index in [-0.39, 0.29) is 11.3 Å². The molecule has 0 N–H and O–H groups in total. The summed E-state index contributed by atoms with van der Waals surface area (Å²) in [6.45, 7) is 1.74. The van der Waals surface area contributed by atoms with Crippen LogP contribution in [0.4, 0.5) is 4.39 Å². The summed E-state index contributed by atoms with van der Waals surface area (Å²) < 4.78 is 13.3. The first kappa shape index (κ1) is 8.64. The number of fused-ring (bicyclic) bond motifs is 1. The van der Waals surface area contributed by atoms with Gasteiger partial charge in [-0.05, 0) is 19.1 Å². The first-order valence-electron chi connectivity index (χ1n) is 4.18. The second-order valence-electron chi connectivity index (χ2n) is 3.06. The molecule has 0 bridgehead atoms. The number of pyridine rings is 1. The number of para-hydroxylation sites is 1. The molecule has 0 amide bonds. The molecule has 0 aliphatic rings. The van der Waals surface area contributed by atoms with Crippen molar-refractivity contribution in [2.45, 2.75) is 6.92 Å². The number of nitrogens with zero attached hydrogens (tertiary/aromatic N) is 2. The molecule has 0 fully saturated rings. The number of halogens is 1. The zero-order valence-corrected chi connectivity index (χ0v) is 7.58. The number of hydrogen-bond donors (Lipinski definition) is 0. The SMILES string of the molecule is Cc1cc(C#N)c2cccc(F)c2n1. The molecule has 2 rings (SSSR count). The molecule has 68 valence electrons. The molecule has 2 aromatic rings. The van der Waals surface area contributed by atoms with Crippen LogP contribution < -0.4 is 0 Å². The predicted molar refractivity (Wildman–Crippen MR) is 51.2 cm³/mol. The third kappa shape index (κ3) is 1.21. The Labute approximate surface area is 80.6 Å². The first-order valence-corrected chi connectivity index (χ1v) is 4.18. The zero-order chi connectivity index (χ0) is 10.1. The number of nitriles is 1. The van der Waals surface area contributed by atoms with Crippen LogP contribution in [0.25, 0.3) is 10.9 Å². The number of aryl methyl sites for hydroxylation is 1. The lowest BCUT2D eigenvalue weighted by atomic mass is 10.1. The van der Waals surface area contributed by atoms with Gasteiger partial charge in [0, 0.05) is 11.1 Å². The lowest BCUT2D eigenvalue weighted by Crippen LogP contribution is -1.90. The van der Waals surface area contributed by atoms with E-state index in [0.29, 0.717) is 16.6 Å². The second kappa shape index (κ2) is 3.08. The molecule has 0 aliphatic carbocycles. The Balaban J connectivity index is 2.96. The molecule has 0 aliphatic heterocycles. The standard InChI is InChI=1S/C11H7FN2/c1-7-5-8(6-13)9-3-2-4-10(12)11(9)14-7/h2-5H,1H3. The monoisotopic (exact) mass is 186 g/mol. The summed E-state index contributed by atoms with van der Waals surface area (Å²) in [5.41, 5.74) is 1.38. The second-order valence-corrected chi connectivity index (χ2v) is 3.06. The highest BCUT2D eigenvalue weighted by molar-refractivity contribution is 5.85. The molecule has 14 heavy (non-hydrogen) atoms. The number of rotatable bonds is 0. The normalized spacial score (nSPS) is 10.1. The van der Waals surface area contributed by atoms with Crippen molar-refractivity contribution in [3.8, 4) is 6.07 Å². The molecule has 1 aromatic heterocycles. The minimum absolute atomic E-state index is 0.268. The van der Waals surface area contributed by atoms with Gasteiger partial charge in [-0.3, -0.25) is 0 Å². The van der Waals surface area contributed by atoms with E-state index in [4.69, 9.17) is 5.26 Å². The Hall–Kier alpha value is -1.95. The fourth-order valence-corrected chi connectivity index (χ4v) is 1.43. The third-order valence-electron chi connectivity index (χ3n) is 2.04. The van der Waals surface area contributed by atoms with E-state index in [1.54, 1.807) is 25.1 Å². The molecule has 2 nitrogen and oxygen atoms in total. The van der Waals surface area contributed by atoms with Gasteiger partial charge in [-0.15, -0.1) is 0 Å². The summed E-state index contributed by atoms with van der Waals surface area (Å²) in [6.07, 6.45) is 0. The minimum atomic E-state index is -0.386. The van der Waals surface area contributed by atoms with Crippen LogP contribution in [-0.2, 0) is 0 Å². The van der Waals surface area contributed by atoms with E-state index >= 15 is 0 Å². The quantitative estimate of drug-likeness (QED) is 0.634. The fraction of sp³-hybridized carbons (Fsp3) is 0.0909. The fourth-order valence-electron chi connectivity index (χ4n) is 1.43. The van der Waals surface area contributed by atoms with Crippen LogP contribution in [0.3, 0.4) is 0 Å². The molecular formula is C11H7FN2. The van der Waals surface area contributed by atoms with Crippen molar-refractivity contribution in [3.63, 3.8) is 0 Å². The summed E-state index contributed by atoms with van der Waals surface area (Å²) in [5.74, 6) is -0.386. The Kier molecular flexibility index (Phi) is 1.90. The number of aromatic nitrogens is 1. The van der Waals surface area contributed by atoms with Crippen molar-refractivity contribution in [1.29, 1.82) is 5.26 Å². The largest absolute Gasteiger partial charge is 0.250 e. The van der Waals surface area contributed by atoms with Crippen LogP contribution in [0.15, 0.2) is 24.3 Å². The van der Waals surface area contributed by atoms with Crippen molar-refractivity contribution in [2.75, 3.05) is 0 Å². The van der Waals surface area contributed by atoms with Crippen molar-refractivity contribution in [1.82, 2.24) is 4.98 Å². The minimum Gasteiger partial charge on any atom is -0.250 e. The van der Waals surface area contributed by atoms with E-state index in [9.17, 15) is 4.39 Å². The van der Waals surface area contributed by atoms with Gasteiger partial charge in [-0.2, -0.15) is 5.26 Å². The third-order valence-corrected chi connectivity index (χ3v) is 2.04. The molecule has 0 radical (unpaired) electrons. The van der Waals surface area contributed by atoms with Crippen LogP contribution in [0.5, 0.6) is 0 Å². The van der Waals surface area contributed by atoms with Gasteiger partial charge in [0.05, 0.1) is 11.6 Å². The number of benzene rings is 1. The summed E-state index contributed by atoms with van der Waals surface area (Å²) in [7, 11) is 0. The van der Waals surface area contributed by atoms with Crippen LogP contribution in [0.2, 0.25) is 0 Å². The van der Waals surface area contributed by atoms with Crippen LogP contribution in [-0.4, -0.2) is 4.98 Å². The lowest BCUT2D eigenvalue weighted by molar-refractivity contribution is 0.636. The van der Waals surface area contributed by atoms with E-state index in [1.807, 2.05) is 6.07 Å². The number of hydrogen-bond acceptors (Lipinski definition) is 2. The summed E-state index contributed by atoms with van der Waals surface area (Å²) in [4.78, 5) is 4.06. The van der Waals surface area contributed by atoms with Crippen LogP contribution >= 0.6 is 0 Å². The lowest BCUT2D eigenvalue weighted by Gasteiger charge is -2.01. The average molecular weight is 186 g/mol. The van der Waals surface area contributed by atoms with Crippen molar-refractivity contribution in [3.05, 3.63) is 41.3 Å². The zero-order valence-electron chi connectivity index (χ0n) is 7.58. The van der Waals surface area contributed by atoms with Crippen LogP contribution in [0, 0.1) is 24.1 Å². The highest BCUT2D eigenvalue weighted by Gasteiger charge is 2.06. The molecule has 1 aromatic carbocycles. The Morgan fingerprint density at radius 3 is 2.93 bits per heavy atom. The molecule has 3 heteroatoms. The van der Waals surface area contributed by atoms with E-state index in [1.165, 1.54) is 6.07 Å². The van der Waals surface area contributed by atoms with E-state index in [0.717, 1.165) is 0 Å². The predicted octanol–water partition coefficient (Wildman–Crippen LogP) is 2.55. The molecule has 0 saturated heterocycles. The summed E-state index contributed by atoms with van der Waals surface area (Å²) >= 11 is 0. The van der Waals surface area contributed by atoms with Gasteiger partial charge in [-0.1, -0.05) is 12.1 Å². The molecule has 0 atom stereocenters. The van der Waals surface area contributed by atoms with E-state index < -0.39 is 0 Å². The van der Waals surface area contributed by atoms with Gasteiger partial charge in [0.1, 0.15) is 11.3 Å². The van der Waals surface area contributed by atoms with E-state index in [2.05, 4.69) is 4.98 Å². The summed E-state index contributed by atoms with van der Waals surface area (Å²) in [6, 6.07) is 8.31. The molecule has 1 heterocycles. The molecular weight excluding hydrogens is 179 g/mol. The molecule has 0 unspecified atom stereocenters. The highest BCUT2D eigenvalue weighted by atomic mass is 19.1. The van der Waals surface area contributed by atoms with Gasteiger partial charge in [0.25, 0.3) is 0 Å². The molecule has 0 saturated carbocycles. The maximum absolute atomic E-state index is 13.3. The Morgan fingerprint density at radius 2 is 2.21 bits per heavy atom. The van der Waals surface area contributed by atoms with Gasteiger partial charge in [-0.25, -0.2) is 9.37 Å². The average Bonchev–Trinajstić information content (AvgIpc) is 2.18. The van der Waals surface area contributed by atoms with Gasteiger partial charge < -0.3 is 0 Å². The van der Waals surface area contributed by atoms with Gasteiger partial charge >= 0.3 is 0 Å². The first-order chi connectivity index (χ1) is 6.72. The smallest absolute Gasteiger partial charge is 0.149 e. The molecule has 0 spiro atoms. The van der Waals surface area contributed by atoms with Crippen molar-refractivity contribution in [2.24, 2.45) is 0 Å². The van der Waals surface area contributed by atoms with Crippen molar-refractivity contribution < 1.29 is 4.39 Å². The van der Waals surface area contributed by atoms with Crippen molar-refractivity contribution >= 4 is 10.9 Å². The van der Waals surface area contributed by atoms with Gasteiger partial charge in [0.15, 0.2) is 0 Å². The van der Waals surface area contributed by atoms with Gasteiger partial charge in [0.2, 0.25) is 0 Å². The summed E-state index contributed by atoms with van der Waals surface area (Å²) in [5, 5.41) is 9.42. The topological polar surface area (TPSA) is 36.7 Å². The maximum atomic E-state index is 13.3. The van der Waals surface area contributed by atoms with Crippen LogP contribution in [0.1, 0.15) is 11.3 Å². The maximum Gasteiger partial charge on any atom is 0.149 e.